The van der Waals surface area contributed by atoms with Crippen LogP contribution < -0.4 is 5.32 Å². The van der Waals surface area contributed by atoms with E-state index in [0.29, 0.717) is 37.3 Å². The fourth-order valence-electron chi connectivity index (χ4n) is 6.24. The van der Waals surface area contributed by atoms with Crippen LogP contribution in [0.2, 0.25) is 0 Å². The summed E-state index contributed by atoms with van der Waals surface area (Å²) in [4.78, 5) is 64.0. The Labute approximate surface area is 228 Å². The summed E-state index contributed by atoms with van der Waals surface area (Å²) < 4.78 is 5.96. The molecule has 0 aromatic heterocycles. The van der Waals surface area contributed by atoms with Gasteiger partial charge in [0.1, 0.15) is 5.57 Å². The van der Waals surface area contributed by atoms with E-state index in [2.05, 4.69) is 11.9 Å². The number of amides is 1. The van der Waals surface area contributed by atoms with Crippen molar-refractivity contribution < 1.29 is 33.8 Å². The van der Waals surface area contributed by atoms with Gasteiger partial charge in [-0.3, -0.25) is 19.2 Å². The second-order valence-electron chi connectivity index (χ2n) is 11.0. The van der Waals surface area contributed by atoms with E-state index in [0.717, 1.165) is 5.56 Å². The largest absolute Gasteiger partial charge is 0.444 e. The minimum atomic E-state index is -1.87. The minimum Gasteiger partial charge on any atom is -0.444 e. The zero-order valence-corrected chi connectivity index (χ0v) is 22.3. The Balaban J connectivity index is 1.84. The average molecular weight is 534 g/mol. The van der Waals surface area contributed by atoms with Crippen molar-refractivity contribution in [1.82, 2.24) is 5.32 Å². The number of Topliss-reactive ketones (excluding diaryl/α,β-unsaturated/α-hetero) is 1. The number of ether oxygens (including phenoxy) is 1. The predicted octanol–water partition coefficient (Wildman–Crippen LogP) is 2.84. The molecule has 8 heteroatoms. The first-order valence-corrected chi connectivity index (χ1v) is 13.5. The molecule has 1 aliphatic carbocycles. The molecule has 0 radical (unpaired) electrons. The molecule has 1 saturated heterocycles. The van der Waals surface area contributed by atoms with E-state index < -0.39 is 64.5 Å². The van der Waals surface area contributed by atoms with Gasteiger partial charge in [-0.25, -0.2) is 4.79 Å². The smallest absolute Gasteiger partial charge is 0.342 e. The van der Waals surface area contributed by atoms with E-state index in [-0.39, 0.29) is 18.6 Å². The van der Waals surface area contributed by atoms with Crippen LogP contribution in [-0.4, -0.2) is 52.6 Å². The topological polar surface area (TPSA) is 127 Å². The number of aliphatic hydroxyl groups is 1. The van der Waals surface area contributed by atoms with Crippen LogP contribution in [0, 0.1) is 23.7 Å². The van der Waals surface area contributed by atoms with Gasteiger partial charge in [-0.2, -0.15) is 0 Å². The number of benzene rings is 1. The molecule has 2 heterocycles. The first-order chi connectivity index (χ1) is 18.6. The van der Waals surface area contributed by atoms with Crippen LogP contribution in [0.5, 0.6) is 0 Å². The fourth-order valence-corrected chi connectivity index (χ4v) is 6.24. The van der Waals surface area contributed by atoms with E-state index in [4.69, 9.17) is 4.74 Å². The molecule has 3 aliphatic rings. The van der Waals surface area contributed by atoms with Crippen LogP contribution in [0.1, 0.15) is 45.1 Å². The zero-order chi connectivity index (χ0) is 28.3. The van der Waals surface area contributed by atoms with Crippen molar-refractivity contribution in [2.45, 2.75) is 63.7 Å². The molecule has 206 valence electrons. The van der Waals surface area contributed by atoms with E-state index in [1.54, 1.807) is 6.08 Å². The minimum absolute atomic E-state index is 0.00116. The van der Waals surface area contributed by atoms with Crippen molar-refractivity contribution in [2.24, 2.45) is 23.7 Å². The Bertz CT molecular complexity index is 1230. The van der Waals surface area contributed by atoms with Crippen LogP contribution in [0.4, 0.5) is 0 Å². The maximum Gasteiger partial charge on any atom is 0.342 e. The summed E-state index contributed by atoms with van der Waals surface area (Å²) in [7, 11) is 0. The van der Waals surface area contributed by atoms with Gasteiger partial charge in [0.05, 0.1) is 12.0 Å². The molecular weight excluding hydrogens is 498 g/mol. The second-order valence-corrected chi connectivity index (χ2v) is 11.0. The number of carbonyl (C=O) groups excluding carboxylic acids is 5. The molecule has 2 fully saturated rings. The fraction of sp³-hybridized carbons (Fsp3) is 0.452. The summed E-state index contributed by atoms with van der Waals surface area (Å²) >= 11 is 0. The number of hydrogen-bond donors (Lipinski definition) is 2. The third-order valence-electron chi connectivity index (χ3n) is 8.41. The summed E-state index contributed by atoms with van der Waals surface area (Å²) in [6.07, 6.45) is 5.40. The molecule has 2 aliphatic heterocycles. The van der Waals surface area contributed by atoms with Crippen LogP contribution >= 0.6 is 0 Å². The standard InChI is InChI=1S/C31H35NO7/c1-18-9-7-13-23-28(36)20(3)19(2)27-24(15-21-11-5-4-6-12-21)32-30(38)31(23,27)39-29(37)22(17-33)16-26(35)25(34)14-8-10-18/h4-7,11-13,16-19,23-24,27-28,36H,3,8-10,14-15H2,1-2H3,(H,32,38)/b13-7+,22-16+/t18-,19+,23+,24-,27-,28+,31+/m0/s1. The molecule has 1 spiro atoms. The van der Waals surface area contributed by atoms with Crippen LogP contribution in [0.3, 0.4) is 0 Å². The highest BCUT2D eigenvalue weighted by Crippen LogP contribution is 2.52. The van der Waals surface area contributed by atoms with Crippen molar-refractivity contribution in [3.05, 3.63) is 71.8 Å². The average Bonchev–Trinajstić information content (AvgIpc) is 3.18. The Kier molecular flexibility index (Phi) is 8.45. The normalized spacial score (nSPS) is 36.3. The predicted molar refractivity (Wildman–Crippen MR) is 143 cm³/mol. The number of allylic oxidation sites excluding steroid dienone is 2. The molecule has 7 atom stereocenters. The van der Waals surface area contributed by atoms with Gasteiger partial charge in [-0.1, -0.05) is 62.9 Å². The quantitative estimate of drug-likeness (QED) is 0.201. The molecular formula is C31H35NO7. The van der Waals surface area contributed by atoms with E-state index in [9.17, 15) is 29.1 Å². The zero-order valence-electron chi connectivity index (χ0n) is 22.3. The van der Waals surface area contributed by atoms with Crippen molar-refractivity contribution in [2.75, 3.05) is 0 Å². The number of aldehydes is 1. The van der Waals surface area contributed by atoms with Crippen LogP contribution in [0.15, 0.2) is 66.3 Å². The number of aliphatic hydroxyl groups excluding tert-OH is 1. The van der Waals surface area contributed by atoms with Gasteiger partial charge in [0.2, 0.25) is 17.2 Å². The van der Waals surface area contributed by atoms with Crippen molar-refractivity contribution in [3.63, 3.8) is 0 Å². The molecule has 4 rings (SSSR count). The summed E-state index contributed by atoms with van der Waals surface area (Å²) in [5.74, 6) is -5.32. The van der Waals surface area contributed by atoms with Crippen molar-refractivity contribution >= 4 is 29.7 Å². The van der Waals surface area contributed by atoms with E-state index in [1.165, 1.54) is 0 Å². The highest BCUT2D eigenvalue weighted by atomic mass is 16.6. The Morgan fingerprint density at radius 1 is 1.15 bits per heavy atom. The van der Waals surface area contributed by atoms with Crippen molar-refractivity contribution in [1.29, 1.82) is 0 Å². The summed E-state index contributed by atoms with van der Waals surface area (Å²) in [5.41, 5.74) is -1.04. The lowest BCUT2D eigenvalue weighted by molar-refractivity contribution is -0.183. The molecule has 2 N–H and O–H groups in total. The van der Waals surface area contributed by atoms with Crippen LogP contribution in [-0.2, 0) is 35.1 Å². The van der Waals surface area contributed by atoms with E-state index >= 15 is 0 Å². The van der Waals surface area contributed by atoms with Crippen molar-refractivity contribution in [3.8, 4) is 0 Å². The van der Waals surface area contributed by atoms with Gasteiger partial charge in [-0.15, -0.1) is 0 Å². The number of carbonyl (C=O) groups is 5. The van der Waals surface area contributed by atoms with Crippen LogP contribution in [0.25, 0.3) is 0 Å². The lowest BCUT2D eigenvalue weighted by atomic mass is 9.59. The molecule has 1 aromatic rings. The maximum absolute atomic E-state index is 13.9. The number of nitrogens with one attached hydrogen (secondary N) is 1. The Hall–Kier alpha value is -3.65. The number of rotatable bonds is 3. The highest BCUT2D eigenvalue weighted by molar-refractivity contribution is 6.43. The molecule has 1 saturated carbocycles. The molecule has 39 heavy (non-hydrogen) atoms. The maximum atomic E-state index is 13.9. The van der Waals surface area contributed by atoms with Gasteiger partial charge >= 0.3 is 5.97 Å². The van der Waals surface area contributed by atoms with Gasteiger partial charge < -0.3 is 15.2 Å². The second kappa shape index (κ2) is 11.6. The molecule has 1 aromatic carbocycles. The highest BCUT2D eigenvalue weighted by Gasteiger charge is 2.68. The number of ketones is 2. The first kappa shape index (κ1) is 28.4. The van der Waals surface area contributed by atoms with Gasteiger partial charge in [0.15, 0.2) is 6.29 Å². The third kappa shape index (κ3) is 5.43. The summed E-state index contributed by atoms with van der Waals surface area (Å²) in [5, 5.41) is 14.4. The van der Waals surface area contributed by atoms with Gasteiger partial charge in [0, 0.05) is 24.5 Å². The molecule has 1 amide bonds. The Morgan fingerprint density at radius 3 is 2.56 bits per heavy atom. The SMILES string of the molecule is C=C1[C@@H](C)[C@H]2[C@H](Cc3ccccc3)NC(=O)[C@]23OC(=O)/C(C=O)=C/C(=O)C(=O)CCC[C@@H](C)C/C=C/[C@@H]3[C@@H]1O. The molecule has 0 unspecified atom stereocenters. The van der Waals surface area contributed by atoms with Gasteiger partial charge in [0.25, 0.3) is 5.91 Å². The molecule has 8 nitrogen and oxygen atoms in total. The first-order valence-electron chi connectivity index (χ1n) is 13.5. The monoisotopic (exact) mass is 533 g/mol. The lowest BCUT2D eigenvalue weighted by Gasteiger charge is -2.49. The van der Waals surface area contributed by atoms with E-state index in [1.807, 2.05) is 50.3 Å². The summed E-state index contributed by atoms with van der Waals surface area (Å²) in [6.45, 7) is 7.97. The Morgan fingerprint density at radius 2 is 1.87 bits per heavy atom. The summed E-state index contributed by atoms with van der Waals surface area (Å²) in [6, 6.07) is 9.09. The number of hydrogen-bond acceptors (Lipinski definition) is 7. The van der Waals surface area contributed by atoms with Gasteiger partial charge in [-0.05, 0) is 48.7 Å². The molecule has 0 bridgehead atoms. The lowest BCUT2D eigenvalue weighted by Crippen LogP contribution is -2.61. The third-order valence-corrected chi connectivity index (χ3v) is 8.41. The number of esters is 1.